The summed E-state index contributed by atoms with van der Waals surface area (Å²) in [7, 11) is 0. The van der Waals surface area contributed by atoms with Crippen LogP contribution in [0.15, 0.2) is 34.0 Å². The first-order valence-electron chi connectivity index (χ1n) is 12.2. The Hall–Kier alpha value is -2.16. The number of anilines is 1. The Bertz CT molecular complexity index is 1220. The number of thiocarbonyl (C=S) groups is 1. The minimum Gasteiger partial charge on any atom is -0.372 e. The number of amides is 1. The Morgan fingerprint density at radius 2 is 1.79 bits per heavy atom. The van der Waals surface area contributed by atoms with Gasteiger partial charge in [-0.2, -0.15) is 0 Å². The van der Waals surface area contributed by atoms with Crippen LogP contribution in [0.2, 0.25) is 0 Å². The Kier molecular flexibility index (Phi) is 6.57. The molecule has 180 valence electrons. The van der Waals surface area contributed by atoms with E-state index in [1.807, 2.05) is 25.1 Å². The van der Waals surface area contributed by atoms with Crippen molar-refractivity contribution in [3.05, 3.63) is 45.1 Å². The van der Waals surface area contributed by atoms with Gasteiger partial charge in [0.05, 0.1) is 33.9 Å². The maximum Gasteiger partial charge on any atom is 0.266 e. The first-order chi connectivity index (χ1) is 16.4. The van der Waals surface area contributed by atoms with Crippen LogP contribution in [0.3, 0.4) is 0 Å². The molecule has 2 unspecified atom stereocenters. The fraction of sp³-hybridized carbons (Fsp3) is 0.500. The summed E-state index contributed by atoms with van der Waals surface area (Å²) in [4.78, 5) is 31.9. The number of para-hydroxylation sites is 1. The normalized spacial score (nSPS) is 25.3. The number of carbonyl (C=O) groups is 1. The summed E-state index contributed by atoms with van der Waals surface area (Å²) in [6.45, 7) is 8.03. The second-order valence-corrected chi connectivity index (χ2v) is 11.2. The molecule has 1 amide bonds. The summed E-state index contributed by atoms with van der Waals surface area (Å²) in [5.41, 5.74) is 2.29. The molecule has 34 heavy (non-hydrogen) atoms. The van der Waals surface area contributed by atoms with Crippen molar-refractivity contribution < 1.29 is 9.53 Å². The number of nitrogens with zero attached hydrogens (tertiary/aromatic N) is 3. The van der Waals surface area contributed by atoms with E-state index in [9.17, 15) is 9.59 Å². The number of rotatable bonds is 4. The van der Waals surface area contributed by atoms with Crippen molar-refractivity contribution in [1.29, 1.82) is 0 Å². The summed E-state index contributed by atoms with van der Waals surface area (Å²) >= 11 is 6.94. The van der Waals surface area contributed by atoms with Gasteiger partial charge in [-0.15, -0.1) is 0 Å². The third-order valence-corrected chi connectivity index (χ3v) is 8.35. The zero-order valence-corrected chi connectivity index (χ0v) is 21.6. The molecule has 0 N–H and O–H groups in total. The van der Waals surface area contributed by atoms with Gasteiger partial charge in [0.25, 0.3) is 11.5 Å². The van der Waals surface area contributed by atoms with Crippen molar-refractivity contribution in [2.45, 2.75) is 71.2 Å². The van der Waals surface area contributed by atoms with E-state index in [2.05, 4.69) is 24.8 Å². The van der Waals surface area contributed by atoms with E-state index in [1.54, 1.807) is 15.5 Å². The van der Waals surface area contributed by atoms with Gasteiger partial charge in [0.1, 0.15) is 4.32 Å². The highest BCUT2D eigenvalue weighted by Crippen LogP contribution is 2.39. The number of fused-ring (bicyclic) bond motifs is 1. The molecule has 5 rings (SSSR count). The molecular formula is C26H31N3O3S2. The van der Waals surface area contributed by atoms with E-state index in [0.717, 1.165) is 42.3 Å². The molecule has 3 heterocycles. The van der Waals surface area contributed by atoms with Crippen LogP contribution in [0.25, 0.3) is 17.0 Å². The topological polar surface area (TPSA) is 54.8 Å². The van der Waals surface area contributed by atoms with Crippen LogP contribution >= 0.6 is 24.0 Å². The molecule has 6 nitrogen and oxygen atoms in total. The quantitative estimate of drug-likeness (QED) is 0.448. The summed E-state index contributed by atoms with van der Waals surface area (Å²) < 4.78 is 8.39. The Morgan fingerprint density at radius 3 is 2.47 bits per heavy atom. The largest absolute Gasteiger partial charge is 0.372 e. The lowest BCUT2D eigenvalue weighted by atomic mass is 10.0. The number of hydrogen-bond donors (Lipinski definition) is 0. The van der Waals surface area contributed by atoms with Gasteiger partial charge in [-0.25, -0.2) is 0 Å². The summed E-state index contributed by atoms with van der Waals surface area (Å²) in [6.07, 6.45) is 6.14. The van der Waals surface area contributed by atoms with E-state index in [4.69, 9.17) is 17.0 Å². The third kappa shape index (κ3) is 4.10. The predicted octanol–water partition coefficient (Wildman–Crippen LogP) is 4.78. The van der Waals surface area contributed by atoms with E-state index in [-0.39, 0.29) is 29.7 Å². The lowest BCUT2D eigenvalue weighted by molar-refractivity contribution is -0.123. The average molecular weight is 498 g/mol. The highest BCUT2D eigenvalue weighted by atomic mass is 32.2. The van der Waals surface area contributed by atoms with Gasteiger partial charge in [0, 0.05) is 31.1 Å². The van der Waals surface area contributed by atoms with E-state index >= 15 is 0 Å². The molecule has 2 aliphatic heterocycles. The first-order valence-corrected chi connectivity index (χ1v) is 13.4. The Balaban J connectivity index is 1.69. The van der Waals surface area contributed by atoms with Crippen molar-refractivity contribution in [1.82, 2.24) is 9.47 Å². The Morgan fingerprint density at radius 1 is 1.12 bits per heavy atom. The molecule has 8 heteroatoms. The zero-order chi connectivity index (χ0) is 24.0. The van der Waals surface area contributed by atoms with Crippen molar-refractivity contribution in [3.63, 3.8) is 0 Å². The van der Waals surface area contributed by atoms with Crippen LogP contribution in [0.1, 0.15) is 52.0 Å². The predicted molar refractivity (Wildman–Crippen MR) is 143 cm³/mol. The maximum absolute atomic E-state index is 13.8. The molecule has 2 saturated heterocycles. The number of thioether (sulfide) groups is 1. The van der Waals surface area contributed by atoms with E-state index in [0.29, 0.717) is 34.4 Å². The molecule has 1 aliphatic carbocycles. The second-order valence-electron chi connectivity index (χ2n) is 9.48. The number of aryl methyl sites for hydroxylation is 1. The molecule has 0 radical (unpaired) electrons. The molecule has 0 bridgehead atoms. The van der Waals surface area contributed by atoms with Crippen molar-refractivity contribution in [2.75, 3.05) is 18.0 Å². The van der Waals surface area contributed by atoms with Crippen LogP contribution in [-0.4, -0.2) is 51.0 Å². The molecule has 1 saturated carbocycles. The molecule has 1 aromatic carbocycles. The van der Waals surface area contributed by atoms with Crippen LogP contribution in [0.5, 0.6) is 0 Å². The monoisotopic (exact) mass is 497 g/mol. The van der Waals surface area contributed by atoms with Crippen LogP contribution in [0.4, 0.5) is 5.69 Å². The SMILES string of the molecule is CCn1c(=O)c(C=C2SC(=S)N(C3CCCC3)C2=O)c(N2CC(C)OC(C)C2)c2ccccc21. The molecule has 0 spiro atoms. The van der Waals surface area contributed by atoms with E-state index < -0.39 is 0 Å². The van der Waals surface area contributed by atoms with Gasteiger partial charge < -0.3 is 14.2 Å². The van der Waals surface area contributed by atoms with Crippen LogP contribution in [0, 0.1) is 0 Å². The highest BCUT2D eigenvalue weighted by molar-refractivity contribution is 8.26. The Labute approximate surface area is 209 Å². The van der Waals surface area contributed by atoms with Crippen LogP contribution in [-0.2, 0) is 16.1 Å². The number of ether oxygens (including phenoxy) is 1. The minimum atomic E-state index is -0.0749. The molecule has 3 aliphatic rings. The van der Waals surface area contributed by atoms with Gasteiger partial charge in [-0.1, -0.05) is 55.0 Å². The summed E-state index contributed by atoms with van der Waals surface area (Å²) in [5.74, 6) is -0.0628. The van der Waals surface area contributed by atoms with Gasteiger partial charge in [0.15, 0.2) is 0 Å². The first kappa shape index (κ1) is 23.6. The average Bonchev–Trinajstić information content (AvgIpc) is 3.41. The number of pyridine rings is 1. The summed E-state index contributed by atoms with van der Waals surface area (Å²) in [6, 6.07) is 8.23. The van der Waals surface area contributed by atoms with Gasteiger partial charge in [-0.3, -0.25) is 14.5 Å². The van der Waals surface area contributed by atoms with Gasteiger partial charge in [0.2, 0.25) is 0 Å². The highest BCUT2D eigenvalue weighted by Gasteiger charge is 2.38. The molecule has 3 fully saturated rings. The molecule has 2 aromatic rings. The van der Waals surface area contributed by atoms with E-state index in [1.165, 1.54) is 11.8 Å². The fourth-order valence-corrected chi connectivity index (χ4v) is 7.03. The van der Waals surface area contributed by atoms with Crippen molar-refractivity contribution in [3.8, 4) is 0 Å². The number of hydrogen-bond acceptors (Lipinski definition) is 6. The lowest BCUT2D eigenvalue weighted by Gasteiger charge is -2.38. The minimum absolute atomic E-state index is 0.0459. The zero-order valence-electron chi connectivity index (χ0n) is 20.0. The van der Waals surface area contributed by atoms with Crippen molar-refractivity contribution >= 4 is 56.9 Å². The standard InChI is InChI=1S/C26H31N3O3S2/c1-4-28-21-12-8-7-11-19(21)23(27-14-16(2)32-17(3)15-27)20(24(28)30)13-22-25(31)29(26(33)34-22)18-9-5-6-10-18/h7-8,11-13,16-18H,4-6,9-10,14-15H2,1-3H3. The smallest absolute Gasteiger partial charge is 0.266 e. The second kappa shape index (κ2) is 9.47. The number of morpholine rings is 1. The molecule has 1 aromatic heterocycles. The van der Waals surface area contributed by atoms with Crippen molar-refractivity contribution in [2.24, 2.45) is 0 Å². The van der Waals surface area contributed by atoms with Gasteiger partial charge >= 0.3 is 0 Å². The number of carbonyl (C=O) groups excluding carboxylic acids is 1. The number of benzene rings is 1. The van der Waals surface area contributed by atoms with Crippen LogP contribution < -0.4 is 10.5 Å². The summed E-state index contributed by atoms with van der Waals surface area (Å²) in [5, 5.41) is 1.02. The lowest BCUT2D eigenvalue weighted by Crippen LogP contribution is -2.46. The fourth-order valence-electron chi connectivity index (χ4n) is 5.64. The third-order valence-electron chi connectivity index (χ3n) is 7.02. The maximum atomic E-state index is 13.8. The molecular weight excluding hydrogens is 466 g/mol. The molecule has 2 atom stereocenters. The number of aromatic nitrogens is 1. The van der Waals surface area contributed by atoms with Gasteiger partial charge in [-0.05, 0) is 45.8 Å².